The molecule has 0 heterocycles. The summed E-state index contributed by atoms with van der Waals surface area (Å²) >= 11 is 6.09. The maximum atomic E-state index is 12.2. The number of nitrogens with one attached hydrogen (secondary N) is 2. The summed E-state index contributed by atoms with van der Waals surface area (Å²) in [5.74, 6) is -0.289. The minimum atomic E-state index is -3.39. The van der Waals surface area contributed by atoms with Gasteiger partial charge in [-0.15, -0.1) is 0 Å². The van der Waals surface area contributed by atoms with Gasteiger partial charge in [0.1, 0.15) is 0 Å². The molecule has 2 aromatic carbocycles. The fraction of sp³-hybridized carbons (Fsp3) is 0.278. The van der Waals surface area contributed by atoms with Gasteiger partial charge in [0.2, 0.25) is 10.0 Å². The lowest BCUT2D eigenvalue weighted by Crippen LogP contribution is -2.28. The number of para-hydroxylation sites is 1. The zero-order valence-corrected chi connectivity index (χ0v) is 16.3. The molecule has 0 atom stereocenters. The molecule has 0 aromatic heterocycles. The first-order valence-corrected chi connectivity index (χ1v) is 10.3. The molecule has 2 N–H and O–H groups in total. The summed E-state index contributed by atoms with van der Waals surface area (Å²) in [6.07, 6.45) is 1.83. The normalized spacial score (nSPS) is 11.0. The number of anilines is 2. The number of rotatable bonds is 8. The van der Waals surface area contributed by atoms with Crippen LogP contribution in [-0.4, -0.2) is 40.7 Å². The van der Waals surface area contributed by atoms with Crippen molar-refractivity contribution in [2.24, 2.45) is 0 Å². The van der Waals surface area contributed by atoms with Crippen molar-refractivity contribution in [3.63, 3.8) is 0 Å². The Hall–Kier alpha value is -2.25. The maximum absolute atomic E-state index is 12.2. The highest BCUT2D eigenvalue weighted by Gasteiger charge is 2.12. The largest absolute Gasteiger partial charge is 0.375 e. The number of nitrogens with zero attached hydrogens (tertiary/aromatic N) is 1. The van der Waals surface area contributed by atoms with Crippen molar-refractivity contribution in [3.8, 4) is 0 Å². The second-order valence-electron chi connectivity index (χ2n) is 5.94. The van der Waals surface area contributed by atoms with E-state index in [1.165, 1.54) is 18.2 Å². The topological polar surface area (TPSA) is 78.5 Å². The van der Waals surface area contributed by atoms with Crippen molar-refractivity contribution >= 4 is 38.9 Å². The van der Waals surface area contributed by atoms with Gasteiger partial charge in [0, 0.05) is 31.5 Å². The molecule has 6 nitrogen and oxygen atoms in total. The smallest absolute Gasteiger partial charge is 0.252 e. The van der Waals surface area contributed by atoms with Crippen LogP contribution in [0.5, 0.6) is 0 Å². The Labute approximate surface area is 159 Å². The predicted molar refractivity (Wildman–Crippen MR) is 107 cm³/mol. The molecule has 0 saturated carbocycles. The number of benzene rings is 2. The van der Waals surface area contributed by atoms with Crippen LogP contribution in [0.1, 0.15) is 16.8 Å². The highest BCUT2D eigenvalue weighted by molar-refractivity contribution is 7.92. The Kier molecular flexibility index (Phi) is 6.88. The molecule has 2 rings (SSSR count). The molecule has 0 radical (unpaired) electrons. The zero-order valence-electron chi connectivity index (χ0n) is 14.7. The lowest BCUT2D eigenvalue weighted by molar-refractivity contribution is 0.0953. The number of hydrogen-bond acceptors (Lipinski definition) is 4. The Morgan fingerprint density at radius 3 is 2.46 bits per heavy atom. The van der Waals surface area contributed by atoms with E-state index in [0.29, 0.717) is 17.8 Å². The predicted octanol–water partition coefficient (Wildman–Crippen LogP) is 2.97. The summed E-state index contributed by atoms with van der Waals surface area (Å²) < 4.78 is 24.8. The summed E-state index contributed by atoms with van der Waals surface area (Å²) in [4.78, 5) is 14.3. The van der Waals surface area contributed by atoms with Crippen LogP contribution in [0.4, 0.5) is 11.4 Å². The minimum absolute atomic E-state index is 0.192. The molecule has 0 saturated heterocycles. The molecule has 8 heteroatoms. The molecule has 0 spiro atoms. The summed E-state index contributed by atoms with van der Waals surface area (Å²) in [5, 5.41) is 3.02. The van der Waals surface area contributed by atoms with E-state index in [9.17, 15) is 13.2 Å². The van der Waals surface area contributed by atoms with Gasteiger partial charge in [-0.1, -0.05) is 29.8 Å². The second kappa shape index (κ2) is 8.91. The van der Waals surface area contributed by atoms with Crippen LogP contribution in [0.2, 0.25) is 5.02 Å². The fourth-order valence-electron chi connectivity index (χ4n) is 2.40. The first kappa shape index (κ1) is 20.1. The molecule has 140 valence electrons. The Bertz CT molecular complexity index is 857. The summed E-state index contributed by atoms with van der Waals surface area (Å²) in [6, 6.07) is 14.4. The molecule has 1 amide bonds. The summed E-state index contributed by atoms with van der Waals surface area (Å²) in [7, 11) is -1.39. The van der Waals surface area contributed by atoms with Gasteiger partial charge in [0.05, 0.1) is 16.8 Å². The molecule has 0 unspecified atom stereocenters. The average Bonchev–Trinajstić information content (AvgIpc) is 2.57. The molecular formula is C18H22ClN3O3S. The van der Waals surface area contributed by atoms with Crippen LogP contribution in [-0.2, 0) is 10.0 Å². The molecule has 2 aromatic rings. The Morgan fingerprint density at radius 1 is 1.15 bits per heavy atom. The van der Waals surface area contributed by atoms with Gasteiger partial charge in [0.15, 0.2) is 0 Å². The first-order valence-electron chi connectivity index (χ1n) is 8.08. The average molecular weight is 396 g/mol. The number of carbonyl (C=O) groups is 1. The summed E-state index contributed by atoms with van der Waals surface area (Å²) in [5.41, 5.74) is 1.75. The van der Waals surface area contributed by atoms with E-state index in [1.54, 1.807) is 0 Å². The molecule has 26 heavy (non-hydrogen) atoms. The van der Waals surface area contributed by atoms with Gasteiger partial charge in [0.25, 0.3) is 5.91 Å². The first-order chi connectivity index (χ1) is 12.3. The van der Waals surface area contributed by atoms with Gasteiger partial charge in [-0.2, -0.15) is 0 Å². The van der Waals surface area contributed by atoms with Crippen molar-refractivity contribution in [1.29, 1.82) is 0 Å². The van der Waals surface area contributed by atoms with E-state index in [-0.39, 0.29) is 10.9 Å². The van der Waals surface area contributed by atoms with Crippen LogP contribution in [0.15, 0.2) is 48.5 Å². The van der Waals surface area contributed by atoms with E-state index in [2.05, 4.69) is 14.9 Å². The highest BCUT2D eigenvalue weighted by Crippen LogP contribution is 2.21. The van der Waals surface area contributed by atoms with E-state index < -0.39 is 10.0 Å². The van der Waals surface area contributed by atoms with Crippen molar-refractivity contribution in [3.05, 3.63) is 59.1 Å². The lowest BCUT2D eigenvalue weighted by Gasteiger charge is -2.19. The fourth-order valence-corrected chi connectivity index (χ4v) is 3.22. The van der Waals surface area contributed by atoms with Crippen LogP contribution >= 0.6 is 11.6 Å². The van der Waals surface area contributed by atoms with E-state index in [1.807, 2.05) is 37.4 Å². The molecule has 0 aliphatic heterocycles. The monoisotopic (exact) mass is 395 g/mol. The maximum Gasteiger partial charge on any atom is 0.252 e. The van der Waals surface area contributed by atoms with Gasteiger partial charge in [-0.3, -0.25) is 9.52 Å². The van der Waals surface area contributed by atoms with Crippen molar-refractivity contribution in [2.75, 3.05) is 36.0 Å². The van der Waals surface area contributed by atoms with Crippen molar-refractivity contribution in [2.45, 2.75) is 6.42 Å². The SMILES string of the molecule is CN(CCCNC(=O)c1ccc(NS(C)(=O)=O)cc1Cl)c1ccccc1. The highest BCUT2D eigenvalue weighted by atomic mass is 35.5. The van der Waals surface area contributed by atoms with E-state index >= 15 is 0 Å². The number of carbonyl (C=O) groups excluding carboxylic acids is 1. The third-order valence-corrected chi connectivity index (χ3v) is 4.59. The van der Waals surface area contributed by atoms with Crippen LogP contribution < -0.4 is 14.9 Å². The number of sulfonamides is 1. The van der Waals surface area contributed by atoms with Gasteiger partial charge in [-0.25, -0.2) is 8.42 Å². The third-order valence-electron chi connectivity index (χ3n) is 3.67. The lowest BCUT2D eigenvalue weighted by atomic mass is 10.2. The standard InChI is InChI=1S/C18H22ClN3O3S/c1-22(15-7-4-3-5-8-15)12-6-11-20-18(23)16-10-9-14(13-17(16)19)21-26(2,24)25/h3-5,7-10,13,21H,6,11-12H2,1-2H3,(H,20,23). The Morgan fingerprint density at radius 2 is 1.85 bits per heavy atom. The second-order valence-corrected chi connectivity index (χ2v) is 8.09. The van der Waals surface area contributed by atoms with Crippen LogP contribution in [0.25, 0.3) is 0 Å². The van der Waals surface area contributed by atoms with Crippen LogP contribution in [0.3, 0.4) is 0 Å². The number of halogens is 1. The molecule has 0 fully saturated rings. The molecule has 0 aliphatic rings. The molecule has 0 aliphatic carbocycles. The van der Waals surface area contributed by atoms with Crippen LogP contribution in [0, 0.1) is 0 Å². The molecular weight excluding hydrogens is 374 g/mol. The van der Waals surface area contributed by atoms with E-state index in [0.717, 1.165) is 24.9 Å². The van der Waals surface area contributed by atoms with Crippen molar-refractivity contribution in [1.82, 2.24) is 5.32 Å². The van der Waals surface area contributed by atoms with Crippen molar-refractivity contribution < 1.29 is 13.2 Å². The number of hydrogen-bond donors (Lipinski definition) is 2. The van der Waals surface area contributed by atoms with Gasteiger partial charge in [-0.05, 0) is 36.8 Å². The number of amides is 1. The minimum Gasteiger partial charge on any atom is -0.375 e. The molecule has 0 bridgehead atoms. The van der Waals surface area contributed by atoms with Gasteiger partial charge < -0.3 is 10.2 Å². The Balaban J connectivity index is 1.84. The third kappa shape index (κ3) is 6.24. The summed E-state index contributed by atoms with van der Waals surface area (Å²) in [6.45, 7) is 1.31. The van der Waals surface area contributed by atoms with E-state index in [4.69, 9.17) is 11.6 Å². The van der Waals surface area contributed by atoms with Gasteiger partial charge >= 0.3 is 0 Å². The quantitative estimate of drug-likeness (QED) is 0.673. The zero-order chi connectivity index (χ0) is 19.2.